The first-order valence-electron chi connectivity index (χ1n) is 10.3. The Morgan fingerprint density at radius 3 is 2.59 bits per heavy atom. The second-order valence-corrected chi connectivity index (χ2v) is 10.8. The van der Waals surface area contributed by atoms with Gasteiger partial charge in [-0.2, -0.15) is 0 Å². The van der Waals surface area contributed by atoms with Crippen molar-refractivity contribution in [3.8, 4) is 0 Å². The van der Waals surface area contributed by atoms with Crippen molar-refractivity contribution in [1.29, 1.82) is 0 Å². The number of amides is 1. The number of aromatic nitrogens is 2. The van der Waals surface area contributed by atoms with Crippen LogP contribution >= 0.6 is 23.4 Å². The number of rotatable bonds is 8. The van der Waals surface area contributed by atoms with Crippen LogP contribution in [0.5, 0.6) is 0 Å². The van der Waals surface area contributed by atoms with E-state index in [1.807, 2.05) is 0 Å². The van der Waals surface area contributed by atoms with E-state index in [1.165, 1.54) is 23.9 Å². The zero-order valence-electron chi connectivity index (χ0n) is 17.5. The molecule has 7 nitrogen and oxygen atoms in total. The monoisotopic (exact) mass is 491 g/mol. The molecular weight excluding hydrogens is 470 g/mol. The number of carbonyl (C=O) groups is 1. The van der Waals surface area contributed by atoms with E-state index in [0.717, 1.165) is 23.6 Å². The first kappa shape index (κ1) is 22.8. The summed E-state index contributed by atoms with van der Waals surface area (Å²) in [6, 6.07) is 11.2. The van der Waals surface area contributed by atoms with E-state index in [9.17, 15) is 18.0 Å². The summed E-state index contributed by atoms with van der Waals surface area (Å²) in [5, 5.41) is 1.46. The number of nitrogens with zero attached hydrogens (tertiary/aromatic N) is 3. The summed E-state index contributed by atoms with van der Waals surface area (Å²) in [6.07, 6.45) is 2.83. The van der Waals surface area contributed by atoms with Gasteiger partial charge < -0.3 is 0 Å². The van der Waals surface area contributed by atoms with E-state index in [4.69, 9.17) is 11.6 Å². The maximum atomic E-state index is 13.1. The topological polar surface area (TPSA) is 89.3 Å². The van der Waals surface area contributed by atoms with Gasteiger partial charge in [0.25, 0.3) is 21.5 Å². The Labute approximate surface area is 195 Å². The Bertz CT molecular complexity index is 1360. The van der Waals surface area contributed by atoms with Crippen LogP contribution in [-0.4, -0.2) is 40.5 Å². The minimum atomic E-state index is -3.86. The summed E-state index contributed by atoms with van der Waals surface area (Å²) in [4.78, 5) is 30.4. The second-order valence-electron chi connectivity index (χ2n) is 7.45. The molecule has 10 heteroatoms. The summed E-state index contributed by atoms with van der Waals surface area (Å²) in [5.74, 6) is -0.259. The number of hydrogen-bond donors (Lipinski definition) is 0. The van der Waals surface area contributed by atoms with Crippen LogP contribution < -0.4 is 5.56 Å². The maximum absolute atomic E-state index is 13.1. The molecule has 32 heavy (non-hydrogen) atoms. The van der Waals surface area contributed by atoms with Crippen LogP contribution in [0, 0.1) is 0 Å². The van der Waals surface area contributed by atoms with Gasteiger partial charge in [-0.15, -0.1) is 0 Å². The summed E-state index contributed by atoms with van der Waals surface area (Å²) in [5.41, 5.74) is 0.531. The maximum Gasteiger partial charge on any atom is 0.269 e. The van der Waals surface area contributed by atoms with Crippen molar-refractivity contribution in [2.45, 2.75) is 42.8 Å². The highest BCUT2D eigenvalue weighted by atomic mass is 35.5. The molecule has 0 aliphatic carbocycles. The van der Waals surface area contributed by atoms with Crippen LogP contribution in [0.15, 0.2) is 57.3 Å². The van der Waals surface area contributed by atoms with Crippen LogP contribution in [0.4, 0.5) is 0 Å². The smallest absolute Gasteiger partial charge is 0.269 e. The largest absolute Gasteiger partial charge is 0.287 e. The number of fused-ring (bicyclic) bond motifs is 2. The number of hydrogen-bond acceptors (Lipinski definition) is 6. The van der Waals surface area contributed by atoms with Crippen molar-refractivity contribution in [3.63, 3.8) is 0 Å². The Morgan fingerprint density at radius 2 is 1.84 bits per heavy atom. The van der Waals surface area contributed by atoms with Crippen molar-refractivity contribution < 1.29 is 13.2 Å². The number of thioether (sulfide) groups is 1. The highest BCUT2D eigenvalue weighted by Gasteiger charge is 2.40. The van der Waals surface area contributed by atoms with Gasteiger partial charge in [-0.3, -0.25) is 14.2 Å². The first-order valence-corrected chi connectivity index (χ1v) is 13.1. The van der Waals surface area contributed by atoms with Crippen LogP contribution in [0.1, 0.15) is 36.5 Å². The van der Waals surface area contributed by atoms with Crippen molar-refractivity contribution >= 4 is 50.2 Å². The molecule has 3 aromatic rings. The summed E-state index contributed by atoms with van der Waals surface area (Å²) in [7, 11) is -3.86. The predicted octanol–water partition coefficient (Wildman–Crippen LogP) is 4.18. The quantitative estimate of drug-likeness (QED) is 0.267. The fraction of sp³-hybridized carbons (Fsp3) is 0.318. The molecule has 2 aromatic carbocycles. The fourth-order valence-electron chi connectivity index (χ4n) is 3.67. The van der Waals surface area contributed by atoms with E-state index >= 15 is 0 Å². The normalized spacial score (nSPS) is 14.8. The van der Waals surface area contributed by atoms with Gasteiger partial charge in [-0.05, 0) is 36.8 Å². The molecule has 0 atom stereocenters. The van der Waals surface area contributed by atoms with Crippen LogP contribution in [0.25, 0.3) is 10.9 Å². The van der Waals surface area contributed by atoms with Gasteiger partial charge in [0, 0.05) is 23.9 Å². The first-order chi connectivity index (χ1) is 15.3. The van der Waals surface area contributed by atoms with Gasteiger partial charge in [0.2, 0.25) is 0 Å². The summed E-state index contributed by atoms with van der Waals surface area (Å²) in [6.45, 7) is 2.59. The summed E-state index contributed by atoms with van der Waals surface area (Å²) >= 11 is 7.34. The van der Waals surface area contributed by atoms with Crippen molar-refractivity contribution in [3.05, 3.63) is 63.4 Å². The van der Waals surface area contributed by atoms with E-state index in [1.54, 1.807) is 34.9 Å². The third-order valence-electron chi connectivity index (χ3n) is 5.31. The average Bonchev–Trinajstić information content (AvgIpc) is 2.96. The van der Waals surface area contributed by atoms with Gasteiger partial charge >= 0.3 is 0 Å². The Morgan fingerprint density at radius 1 is 1.06 bits per heavy atom. The van der Waals surface area contributed by atoms with Gasteiger partial charge in [-0.25, -0.2) is 17.7 Å². The van der Waals surface area contributed by atoms with Gasteiger partial charge in [-0.1, -0.05) is 55.3 Å². The molecule has 0 saturated carbocycles. The molecular formula is C22H22ClN3O4S2. The van der Waals surface area contributed by atoms with E-state index in [-0.39, 0.29) is 28.3 Å². The van der Waals surface area contributed by atoms with E-state index in [0.29, 0.717) is 27.6 Å². The van der Waals surface area contributed by atoms with E-state index < -0.39 is 15.9 Å². The molecule has 0 spiro atoms. The molecule has 1 aliphatic heterocycles. The number of sulfonamides is 1. The third-order valence-corrected chi connectivity index (χ3v) is 8.34. The number of halogens is 1. The fourth-order valence-corrected chi connectivity index (χ4v) is 6.47. The zero-order chi connectivity index (χ0) is 22.9. The average molecular weight is 492 g/mol. The SMILES string of the molecule is CCCCCn1c(SCCN2C(=O)c3ccccc3S2(=O)=O)nc2cc(Cl)ccc2c1=O. The lowest BCUT2D eigenvalue weighted by Gasteiger charge is -2.16. The van der Waals surface area contributed by atoms with Crippen LogP contribution in [0.2, 0.25) is 5.02 Å². The number of unbranched alkanes of at least 4 members (excludes halogenated alkanes) is 2. The molecule has 2 heterocycles. The minimum Gasteiger partial charge on any atom is -0.287 e. The highest BCUT2D eigenvalue weighted by Crippen LogP contribution is 2.30. The lowest BCUT2D eigenvalue weighted by atomic mass is 10.2. The molecule has 0 unspecified atom stereocenters. The second kappa shape index (κ2) is 9.25. The minimum absolute atomic E-state index is 0.0150. The molecule has 1 aliphatic rings. The van der Waals surface area contributed by atoms with Crippen LogP contribution in [0.3, 0.4) is 0 Å². The van der Waals surface area contributed by atoms with Gasteiger partial charge in [0.1, 0.15) is 4.90 Å². The van der Waals surface area contributed by atoms with Gasteiger partial charge in [0.05, 0.1) is 16.5 Å². The highest BCUT2D eigenvalue weighted by molar-refractivity contribution is 7.99. The zero-order valence-corrected chi connectivity index (χ0v) is 19.8. The molecule has 168 valence electrons. The third kappa shape index (κ3) is 4.16. The Hall–Kier alpha value is -2.36. The van der Waals surface area contributed by atoms with E-state index in [2.05, 4.69) is 11.9 Å². The number of carbonyl (C=O) groups excluding carboxylic acids is 1. The molecule has 0 fully saturated rings. The Balaban J connectivity index is 1.59. The summed E-state index contributed by atoms with van der Waals surface area (Å²) < 4.78 is 28.0. The Kier molecular flexibility index (Phi) is 6.60. The van der Waals surface area contributed by atoms with Crippen LogP contribution in [-0.2, 0) is 16.6 Å². The molecule has 4 rings (SSSR count). The molecule has 0 radical (unpaired) electrons. The standard InChI is InChI=1S/C22H22ClN3O4S2/c1-2-3-6-11-25-20(27)16-10-9-15(23)14-18(16)24-22(25)31-13-12-26-21(28)17-7-4-5-8-19(17)32(26,29)30/h4-5,7-10,14H,2-3,6,11-13H2,1H3. The lowest BCUT2D eigenvalue weighted by molar-refractivity contribution is 0.0876. The molecule has 0 bridgehead atoms. The number of benzene rings is 2. The lowest BCUT2D eigenvalue weighted by Crippen LogP contribution is -2.32. The van der Waals surface area contributed by atoms with Crippen molar-refractivity contribution in [1.82, 2.24) is 13.9 Å². The van der Waals surface area contributed by atoms with Crippen molar-refractivity contribution in [2.75, 3.05) is 12.3 Å². The molecule has 1 amide bonds. The predicted molar refractivity (Wildman–Crippen MR) is 126 cm³/mol. The molecule has 0 saturated heterocycles. The molecule has 0 N–H and O–H groups in total. The van der Waals surface area contributed by atoms with Crippen molar-refractivity contribution in [2.24, 2.45) is 0 Å². The van der Waals surface area contributed by atoms with Gasteiger partial charge in [0.15, 0.2) is 5.16 Å². The molecule has 1 aromatic heterocycles.